The number of benzene rings is 1. The molecule has 1 aromatic carbocycles. The Morgan fingerprint density at radius 3 is 2.73 bits per heavy atom. The fourth-order valence-electron chi connectivity index (χ4n) is 3.77. The van der Waals surface area contributed by atoms with Crippen molar-refractivity contribution in [2.75, 3.05) is 51.4 Å². The Balaban J connectivity index is 0.000000387. The molecule has 0 saturated carbocycles. The number of aliphatic imine (C=N–C) groups is 1. The quantitative estimate of drug-likeness (QED) is 0.384. The maximum atomic E-state index is 14.2. The summed E-state index contributed by atoms with van der Waals surface area (Å²) in [7, 11) is 1.68. The molecule has 1 aromatic heterocycles. The molecule has 0 aliphatic carbocycles. The average molecular weight is 621 g/mol. The number of aliphatic carboxylic acids is 1. The third-order valence-corrected chi connectivity index (χ3v) is 7.61. The molecule has 0 bridgehead atoms. The van der Waals surface area contributed by atoms with E-state index in [1.54, 1.807) is 30.3 Å². The van der Waals surface area contributed by atoms with Crippen LogP contribution in [0.4, 0.5) is 13.2 Å². The van der Waals surface area contributed by atoms with Gasteiger partial charge >= 0.3 is 5.97 Å². The zero-order valence-electron chi connectivity index (χ0n) is 22.1. The number of nitrogens with zero attached hydrogens (tertiary/aromatic N) is 3. The zero-order valence-corrected chi connectivity index (χ0v) is 24.5. The number of thiazole rings is 1. The van der Waals surface area contributed by atoms with E-state index >= 15 is 0 Å². The molecule has 220 valence electrons. The number of amidine groups is 1. The molecular weight excluding hydrogens is 589 g/mol. The normalized spacial score (nSPS) is 18.4. The van der Waals surface area contributed by atoms with Crippen molar-refractivity contribution in [1.82, 2.24) is 15.2 Å². The van der Waals surface area contributed by atoms with Gasteiger partial charge in [0.2, 0.25) is 0 Å². The molecule has 3 heterocycles. The summed E-state index contributed by atoms with van der Waals surface area (Å²) in [6.07, 6.45) is 2.09. The van der Waals surface area contributed by atoms with Crippen molar-refractivity contribution in [1.29, 1.82) is 0 Å². The number of carboxylic acids is 1. The van der Waals surface area contributed by atoms with E-state index in [-0.39, 0.29) is 37.0 Å². The number of carbonyl (C=O) groups is 2. The van der Waals surface area contributed by atoms with Crippen LogP contribution in [0.25, 0.3) is 0 Å². The number of nitrogens with one attached hydrogen (secondary N) is 1. The van der Waals surface area contributed by atoms with Crippen molar-refractivity contribution < 1.29 is 32.6 Å². The number of carboxylic acid groups (broad SMARTS) is 1. The molecule has 40 heavy (non-hydrogen) atoms. The van der Waals surface area contributed by atoms with E-state index in [4.69, 9.17) is 16.7 Å². The molecule has 0 radical (unpaired) electrons. The highest BCUT2D eigenvalue weighted by molar-refractivity contribution is 7.99. The largest absolute Gasteiger partial charge is 0.481 e. The van der Waals surface area contributed by atoms with Crippen LogP contribution in [0, 0.1) is 11.7 Å². The maximum absolute atomic E-state index is 14.2. The number of methoxy groups -OCH3 is 1. The van der Waals surface area contributed by atoms with Gasteiger partial charge in [0.15, 0.2) is 10.8 Å². The highest BCUT2D eigenvalue weighted by Gasteiger charge is 2.40. The van der Waals surface area contributed by atoms with E-state index in [2.05, 4.69) is 20.0 Å². The maximum Gasteiger partial charge on any atom is 0.313 e. The first kappa shape index (κ1) is 33.8. The number of alkyl halides is 2. The minimum atomic E-state index is -2.85. The fourth-order valence-corrected chi connectivity index (χ4v) is 5.40. The van der Waals surface area contributed by atoms with E-state index in [0.29, 0.717) is 45.7 Å². The predicted octanol–water partition coefficient (Wildman–Crippen LogP) is 4.85. The highest BCUT2D eigenvalue weighted by atomic mass is 35.5. The second-order valence-electron chi connectivity index (χ2n) is 8.77. The van der Waals surface area contributed by atoms with Crippen LogP contribution >= 0.6 is 34.7 Å². The van der Waals surface area contributed by atoms with Gasteiger partial charge in [-0.3, -0.25) is 19.5 Å². The number of hydrogen-bond acceptors (Lipinski definition) is 9. The van der Waals surface area contributed by atoms with Gasteiger partial charge in [0.1, 0.15) is 12.1 Å². The number of aldehydes is 1. The number of aromatic nitrogens is 1. The van der Waals surface area contributed by atoms with Gasteiger partial charge in [-0.25, -0.2) is 18.2 Å². The lowest BCUT2D eigenvalue weighted by Crippen LogP contribution is -2.49. The number of ether oxygens (including phenoxy) is 1. The Morgan fingerprint density at radius 1 is 1.43 bits per heavy atom. The van der Waals surface area contributed by atoms with E-state index < -0.39 is 18.4 Å². The highest BCUT2D eigenvalue weighted by Crippen LogP contribution is 2.32. The first-order valence-electron chi connectivity index (χ1n) is 12.2. The predicted molar refractivity (Wildman–Crippen MR) is 153 cm³/mol. The Kier molecular flexibility index (Phi) is 14.7. The van der Waals surface area contributed by atoms with Crippen molar-refractivity contribution in [3.8, 4) is 0 Å². The van der Waals surface area contributed by atoms with E-state index in [9.17, 15) is 22.8 Å². The summed E-state index contributed by atoms with van der Waals surface area (Å²) < 4.78 is 45.1. The van der Waals surface area contributed by atoms with Gasteiger partial charge in [0.05, 0.1) is 18.8 Å². The number of rotatable bonds is 9. The lowest BCUT2D eigenvalue weighted by atomic mass is 9.96. The zero-order chi connectivity index (χ0) is 29.5. The first-order valence-corrected chi connectivity index (χ1v) is 14.7. The molecule has 1 saturated heterocycles. The number of carbonyl (C=O) groups excluding carboxylic acids is 1. The van der Waals surface area contributed by atoms with Gasteiger partial charge < -0.3 is 15.2 Å². The topological polar surface area (TPSA) is 104 Å². The van der Waals surface area contributed by atoms with Crippen molar-refractivity contribution in [2.24, 2.45) is 10.9 Å². The van der Waals surface area contributed by atoms with Crippen LogP contribution in [0.15, 0.2) is 52.1 Å². The summed E-state index contributed by atoms with van der Waals surface area (Å²) in [4.78, 5) is 32.2. The monoisotopic (exact) mass is 620 g/mol. The molecular formula is C26H32ClF3N4O4S2. The summed E-state index contributed by atoms with van der Waals surface area (Å²) in [6, 6.07) is 5.82. The minimum absolute atomic E-state index is 0.0995. The van der Waals surface area contributed by atoms with Crippen LogP contribution in [0.2, 0.25) is 5.02 Å². The molecule has 8 nitrogen and oxygen atoms in total. The smallest absolute Gasteiger partial charge is 0.313 e. The van der Waals surface area contributed by atoms with Crippen molar-refractivity contribution in [2.45, 2.75) is 19.3 Å². The minimum Gasteiger partial charge on any atom is -0.481 e. The molecule has 0 amide bonds. The van der Waals surface area contributed by atoms with Gasteiger partial charge in [-0.15, -0.1) is 23.1 Å². The molecule has 1 fully saturated rings. The van der Waals surface area contributed by atoms with E-state index in [1.165, 1.54) is 23.5 Å². The Labute approximate surface area is 244 Å². The average Bonchev–Trinajstić information content (AvgIpc) is 3.43. The Hall–Kier alpha value is -2.45. The van der Waals surface area contributed by atoms with Crippen molar-refractivity contribution in [3.63, 3.8) is 0 Å². The van der Waals surface area contributed by atoms with Gasteiger partial charge in [0.25, 0.3) is 5.92 Å². The molecule has 1 atom stereocenters. The van der Waals surface area contributed by atoms with Crippen LogP contribution < -0.4 is 5.32 Å². The Morgan fingerprint density at radius 2 is 2.17 bits per heavy atom. The molecule has 2 aliphatic rings. The van der Waals surface area contributed by atoms with E-state index in [0.717, 1.165) is 18.4 Å². The van der Waals surface area contributed by atoms with E-state index in [1.807, 2.05) is 12.3 Å². The van der Waals surface area contributed by atoms with Crippen LogP contribution in [0.5, 0.6) is 0 Å². The standard InChI is InChI=1S/C17H20F2N4O3S2.C6H4ClF.C3H8O/c18-17(19)3-11(8-27-9-14(25)26)5-23(10-17)6-13-12(7-24)4-21-15(22-13)16-20-1-2-28-16;7-5-2-1-3-6(8)4-5;1-3-4-2/h1-2,7,11H,3-6,8-10H2,(H,21,22)(H,25,26);1-4H;3H2,1-2H3. The summed E-state index contributed by atoms with van der Waals surface area (Å²) >= 11 is 7.95. The van der Waals surface area contributed by atoms with Gasteiger partial charge in [-0.2, -0.15) is 0 Å². The van der Waals surface area contributed by atoms with Gasteiger partial charge in [0, 0.05) is 61.1 Å². The lowest BCUT2D eigenvalue weighted by molar-refractivity contribution is -0.133. The third kappa shape index (κ3) is 12.4. The molecule has 14 heteroatoms. The van der Waals surface area contributed by atoms with Crippen molar-refractivity contribution >= 4 is 52.8 Å². The number of hydrogen-bond donors (Lipinski definition) is 2. The lowest BCUT2D eigenvalue weighted by Gasteiger charge is -2.38. The first-order chi connectivity index (χ1) is 19.1. The Bertz CT molecular complexity index is 1130. The molecule has 0 spiro atoms. The third-order valence-electron chi connectivity index (χ3n) is 5.44. The number of piperidine rings is 1. The fraction of sp³-hybridized carbons (Fsp3) is 0.462. The molecule has 2 aromatic rings. The summed E-state index contributed by atoms with van der Waals surface area (Å²) in [5, 5.41) is 14.7. The molecule has 1 unspecified atom stereocenters. The van der Waals surface area contributed by atoms with Gasteiger partial charge in [-0.1, -0.05) is 17.7 Å². The second-order valence-corrected chi connectivity index (χ2v) is 11.1. The van der Waals surface area contributed by atoms with Crippen LogP contribution in [0.3, 0.4) is 0 Å². The number of thioether (sulfide) groups is 1. The molecule has 4 rings (SSSR count). The molecule has 2 aliphatic heterocycles. The summed E-state index contributed by atoms with van der Waals surface area (Å²) in [5.74, 6) is -3.62. The van der Waals surface area contributed by atoms with Crippen LogP contribution in [-0.2, 0) is 14.3 Å². The molecule has 2 N–H and O–H groups in total. The van der Waals surface area contributed by atoms with Crippen molar-refractivity contribution in [3.05, 3.63) is 63.0 Å². The number of likely N-dealkylation sites (tertiary alicyclic amines) is 1. The second kappa shape index (κ2) is 17.4. The summed E-state index contributed by atoms with van der Waals surface area (Å²) in [6.45, 7) is 3.16. The number of halogens is 4. The van der Waals surface area contributed by atoms with Crippen LogP contribution in [-0.4, -0.2) is 90.4 Å². The van der Waals surface area contributed by atoms with Gasteiger partial charge in [-0.05, 0) is 36.8 Å². The van der Waals surface area contributed by atoms with Crippen LogP contribution in [0.1, 0.15) is 18.4 Å². The SMILES string of the molecule is CCOC.Fc1cccc(Cl)c1.O=CC1=C(CN2CC(CSCC(=O)O)CC(F)(F)C2)NC(c2nccs2)=NC1. The summed E-state index contributed by atoms with van der Waals surface area (Å²) in [5.41, 5.74) is 0.996.